The van der Waals surface area contributed by atoms with Gasteiger partial charge in [0.1, 0.15) is 0 Å². The van der Waals surface area contributed by atoms with Crippen LogP contribution in [0, 0.1) is 0 Å². The summed E-state index contributed by atoms with van der Waals surface area (Å²) in [5.74, 6) is 0. The number of hydrogen-bond acceptors (Lipinski definition) is 3. The minimum Gasteiger partial charge on any atom is -0.411 e. The highest BCUT2D eigenvalue weighted by atomic mass is 16.4. The number of piperidine rings is 1. The molecule has 0 aromatic rings. The lowest BCUT2D eigenvalue weighted by molar-refractivity contribution is 0.314. The van der Waals surface area contributed by atoms with Gasteiger partial charge in [0.15, 0.2) is 0 Å². The molecule has 1 saturated heterocycles. The Morgan fingerprint density at radius 1 is 1.38 bits per heavy atom. The number of nitrogens with one attached hydrogen (secondary N) is 1. The highest BCUT2D eigenvalue weighted by Crippen LogP contribution is 1.95. The van der Waals surface area contributed by atoms with E-state index < -0.39 is 0 Å². The summed E-state index contributed by atoms with van der Waals surface area (Å²) < 4.78 is 0. The van der Waals surface area contributed by atoms with Crippen molar-refractivity contribution < 1.29 is 5.21 Å². The molecule has 0 aromatic heterocycles. The number of oxime groups is 1. The Morgan fingerprint density at radius 3 is 2.38 bits per heavy atom. The molecule has 0 saturated carbocycles. The van der Waals surface area contributed by atoms with E-state index in [1.165, 1.54) is 0 Å². The van der Waals surface area contributed by atoms with Crippen molar-refractivity contribution in [3.05, 3.63) is 0 Å². The van der Waals surface area contributed by atoms with E-state index >= 15 is 0 Å². The maximum atomic E-state index is 8.25. The normalized spacial score (nSPS) is 20.8. The van der Waals surface area contributed by atoms with Gasteiger partial charge in [-0.15, -0.1) is 0 Å². The third kappa shape index (κ3) is 1.20. The van der Waals surface area contributed by atoms with Crippen molar-refractivity contribution in [1.82, 2.24) is 5.32 Å². The number of hydrogen-bond donors (Lipinski definition) is 2. The molecule has 0 aliphatic carbocycles. The molecule has 8 heavy (non-hydrogen) atoms. The van der Waals surface area contributed by atoms with E-state index in [0.717, 1.165) is 31.6 Å². The lowest BCUT2D eigenvalue weighted by Crippen LogP contribution is -2.27. The van der Waals surface area contributed by atoms with Crippen molar-refractivity contribution >= 4 is 5.71 Å². The minimum atomic E-state index is 0.899. The molecule has 1 heterocycles. The monoisotopic (exact) mass is 114 g/mol. The van der Waals surface area contributed by atoms with Crippen LogP contribution in [0.4, 0.5) is 0 Å². The van der Waals surface area contributed by atoms with Crippen molar-refractivity contribution in [2.75, 3.05) is 13.1 Å². The van der Waals surface area contributed by atoms with E-state index in [1.807, 2.05) is 0 Å². The van der Waals surface area contributed by atoms with Crippen LogP contribution in [0.2, 0.25) is 0 Å². The van der Waals surface area contributed by atoms with Gasteiger partial charge in [0, 0.05) is 25.9 Å². The first-order valence-corrected chi connectivity index (χ1v) is 2.84. The molecule has 1 aliphatic rings. The summed E-state index contributed by atoms with van der Waals surface area (Å²) in [6, 6.07) is 0. The number of rotatable bonds is 0. The molecule has 0 unspecified atom stereocenters. The highest BCUT2D eigenvalue weighted by molar-refractivity contribution is 5.84. The first-order valence-electron chi connectivity index (χ1n) is 2.84. The van der Waals surface area contributed by atoms with Crippen molar-refractivity contribution in [2.45, 2.75) is 12.8 Å². The van der Waals surface area contributed by atoms with Crippen LogP contribution in [-0.2, 0) is 0 Å². The zero-order valence-electron chi connectivity index (χ0n) is 4.72. The molecule has 0 atom stereocenters. The van der Waals surface area contributed by atoms with Crippen LogP contribution in [-0.4, -0.2) is 24.0 Å². The van der Waals surface area contributed by atoms with Gasteiger partial charge in [-0.05, 0) is 0 Å². The Morgan fingerprint density at radius 2 is 2.00 bits per heavy atom. The summed E-state index contributed by atoms with van der Waals surface area (Å²) in [5, 5.41) is 14.5. The van der Waals surface area contributed by atoms with E-state index in [9.17, 15) is 0 Å². The van der Waals surface area contributed by atoms with Crippen molar-refractivity contribution in [3.8, 4) is 0 Å². The van der Waals surface area contributed by atoms with Crippen LogP contribution >= 0.6 is 0 Å². The SMILES string of the molecule is ON=C1CCNCC1. The van der Waals surface area contributed by atoms with Gasteiger partial charge in [-0.25, -0.2) is 0 Å². The third-order valence-corrected chi connectivity index (χ3v) is 1.32. The summed E-state index contributed by atoms with van der Waals surface area (Å²) in [4.78, 5) is 0. The molecule has 0 bridgehead atoms. The van der Waals surface area contributed by atoms with Crippen LogP contribution in [0.3, 0.4) is 0 Å². The second-order valence-corrected chi connectivity index (χ2v) is 1.92. The number of nitrogens with zero attached hydrogens (tertiary/aromatic N) is 1. The van der Waals surface area contributed by atoms with Gasteiger partial charge in [0.25, 0.3) is 0 Å². The zero-order valence-corrected chi connectivity index (χ0v) is 4.72. The quantitative estimate of drug-likeness (QED) is 0.349. The van der Waals surface area contributed by atoms with Crippen molar-refractivity contribution in [2.24, 2.45) is 5.16 Å². The lowest BCUT2D eigenvalue weighted by atomic mass is 10.1. The fourth-order valence-corrected chi connectivity index (χ4v) is 0.815. The van der Waals surface area contributed by atoms with Gasteiger partial charge in [-0.2, -0.15) is 0 Å². The van der Waals surface area contributed by atoms with E-state index in [2.05, 4.69) is 10.5 Å². The molecule has 0 amide bonds. The van der Waals surface area contributed by atoms with Gasteiger partial charge in [-0.1, -0.05) is 5.16 Å². The predicted molar refractivity (Wildman–Crippen MR) is 31.3 cm³/mol. The summed E-state index contributed by atoms with van der Waals surface area (Å²) in [6.45, 7) is 1.92. The van der Waals surface area contributed by atoms with E-state index in [1.54, 1.807) is 0 Å². The van der Waals surface area contributed by atoms with Crippen LogP contribution in [0.1, 0.15) is 12.8 Å². The Balaban J connectivity index is 2.33. The fraction of sp³-hybridized carbons (Fsp3) is 0.800. The molecule has 1 rings (SSSR count). The molecule has 3 heteroatoms. The largest absolute Gasteiger partial charge is 0.411 e. The second kappa shape index (κ2) is 2.67. The summed E-state index contributed by atoms with van der Waals surface area (Å²) >= 11 is 0. The average molecular weight is 114 g/mol. The zero-order chi connectivity index (χ0) is 5.82. The Kier molecular flexibility index (Phi) is 1.86. The predicted octanol–water partition coefficient (Wildman–Crippen LogP) is 0.200. The molecule has 46 valence electrons. The maximum Gasteiger partial charge on any atom is 0.0596 e. The summed E-state index contributed by atoms with van der Waals surface area (Å²) in [6.07, 6.45) is 1.80. The van der Waals surface area contributed by atoms with Gasteiger partial charge >= 0.3 is 0 Å². The van der Waals surface area contributed by atoms with E-state index in [-0.39, 0.29) is 0 Å². The Hall–Kier alpha value is -0.570. The molecule has 3 nitrogen and oxygen atoms in total. The third-order valence-electron chi connectivity index (χ3n) is 1.32. The molecular weight excluding hydrogens is 104 g/mol. The maximum absolute atomic E-state index is 8.25. The lowest BCUT2D eigenvalue weighted by Gasteiger charge is -2.11. The van der Waals surface area contributed by atoms with E-state index in [4.69, 9.17) is 5.21 Å². The molecule has 2 N–H and O–H groups in total. The Labute approximate surface area is 48.4 Å². The van der Waals surface area contributed by atoms with Crippen molar-refractivity contribution in [1.29, 1.82) is 0 Å². The van der Waals surface area contributed by atoms with Gasteiger partial charge in [0.05, 0.1) is 5.71 Å². The van der Waals surface area contributed by atoms with Crippen LogP contribution in [0.5, 0.6) is 0 Å². The smallest absolute Gasteiger partial charge is 0.0596 e. The van der Waals surface area contributed by atoms with Gasteiger partial charge < -0.3 is 10.5 Å². The highest BCUT2D eigenvalue weighted by Gasteiger charge is 2.04. The topological polar surface area (TPSA) is 44.6 Å². The van der Waals surface area contributed by atoms with Crippen LogP contribution < -0.4 is 5.32 Å². The summed E-state index contributed by atoms with van der Waals surface area (Å²) in [5.41, 5.74) is 0.920. The second-order valence-electron chi connectivity index (χ2n) is 1.92. The molecule has 0 aromatic carbocycles. The van der Waals surface area contributed by atoms with Crippen molar-refractivity contribution in [3.63, 3.8) is 0 Å². The standard InChI is InChI=1S/C5H10N2O/c8-7-5-1-3-6-4-2-5/h6,8H,1-4H2. The molecule has 1 aliphatic heterocycles. The van der Waals surface area contributed by atoms with Crippen LogP contribution in [0.25, 0.3) is 0 Å². The molecule has 0 spiro atoms. The first-order chi connectivity index (χ1) is 3.93. The fourth-order valence-electron chi connectivity index (χ4n) is 0.815. The first kappa shape index (κ1) is 5.56. The minimum absolute atomic E-state index is 0.899. The molecule has 0 radical (unpaired) electrons. The molecule has 1 fully saturated rings. The van der Waals surface area contributed by atoms with Gasteiger partial charge in [0.2, 0.25) is 0 Å². The van der Waals surface area contributed by atoms with Gasteiger partial charge in [-0.3, -0.25) is 0 Å². The van der Waals surface area contributed by atoms with E-state index in [0.29, 0.717) is 0 Å². The van der Waals surface area contributed by atoms with Crippen LogP contribution in [0.15, 0.2) is 5.16 Å². The average Bonchev–Trinajstić information content (AvgIpc) is 1.90. The summed E-state index contributed by atoms with van der Waals surface area (Å²) in [7, 11) is 0. The molecular formula is C5H10N2O. The Bertz CT molecular complexity index is 92.6.